The summed E-state index contributed by atoms with van der Waals surface area (Å²) in [5, 5.41) is 3.79. The number of fused-ring (bicyclic) bond motifs is 1. The maximum absolute atomic E-state index is 12.8. The molecule has 1 amide bonds. The number of thiophene rings is 1. The second-order valence-electron chi connectivity index (χ2n) is 6.26. The normalized spacial score (nSPS) is 11.8. The van der Waals surface area contributed by atoms with Crippen molar-refractivity contribution in [2.75, 3.05) is 19.0 Å². The van der Waals surface area contributed by atoms with E-state index in [0.29, 0.717) is 29.3 Å². The van der Waals surface area contributed by atoms with Gasteiger partial charge in [-0.05, 0) is 37.1 Å². The van der Waals surface area contributed by atoms with Crippen LogP contribution in [0.3, 0.4) is 0 Å². The Morgan fingerprint density at radius 2 is 1.86 bits per heavy atom. The van der Waals surface area contributed by atoms with Gasteiger partial charge in [0.1, 0.15) is 0 Å². The summed E-state index contributed by atoms with van der Waals surface area (Å²) in [6, 6.07) is 15.3. The van der Waals surface area contributed by atoms with Crippen molar-refractivity contribution in [3.05, 3.63) is 59.0 Å². The number of carbonyl (C=O) groups is 2. The summed E-state index contributed by atoms with van der Waals surface area (Å²) in [5.74, 6) is -0.211. The number of benzene rings is 2. The van der Waals surface area contributed by atoms with E-state index in [2.05, 4.69) is 5.32 Å². The van der Waals surface area contributed by atoms with Gasteiger partial charge in [0.2, 0.25) is 5.91 Å². The molecule has 3 rings (SSSR count). The number of esters is 1. The topological polar surface area (TPSA) is 64.6 Å². The fourth-order valence-electron chi connectivity index (χ4n) is 3.15. The van der Waals surface area contributed by atoms with Crippen molar-refractivity contribution < 1.29 is 19.1 Å². The van der Waals surface area contributed by atoms with Crippen LogP contribution < -0.4 is 10.1 Å². The maximum Gasteiger partial charge on any atom is 0.351 e. The molecule has 0 fully saturated rings. The summed E-state index contributed by atoms with van der Waals surface area (Å²) in [4.78, 5) is 25.3. The molecule has 0 saturated carbocycles. The maximum atomic E-state index is 12.8. The third kappa shape index (κ3) is 4.02. The number of methoxy groups -OCH3 is 1. The molecule has 0 aliphatic heterocycles. The summed E-state index contributed by atoms with van der Waals surface area (Å²) < 4.78 is 11.5. The first kappa shape index (κ1) is 19.9. The minimum Gasteiger partial charge on any atom is -0.491 e. The van der Waals surface area contributed by atoms with E-state index in [0.717, 1.165) is 15.6 Å². The molecule has 0 aliphatic rings. The van der Waals surface area contributed by atoms with Crippen LogP contribution in [0.25, 0.3) is 10.1 Å². The largest absolute Gasteiger partial charge is 0.491 e. The zero-order chi connectivity index (χ0) is 20.1. The lowest BCUT2D eigenvalue weighted by molar-refractivity contribution is -0.117. The second-order valence-corrected chi connectivity index (χ2v) is 7.31. The smallest absolute Gasteiger partial charge is 0.351 e. The Hall–Kier alpha value is -2.86. The zero-order valence-electron chi connectivity index (χ0n) is 16.2. The van der Waals surface area contributed by atoms with Gasteiger partial charge in [0, 0.05) is 15.8 Å². The minimum absolute atomic E-state index is 0.0607. The van der Waals surface area contributed by atoms with E-state index >= 15 is 0 Å². The van der Waals surface area contributed by atoms with Crippen LogP contribution in [-0.4, -0.2) is 25.6 Å². The van der Waals surface area contributed by atoms with Crippen molar-refractivity contribution >= 4 is 39.0 Å². The molecule has 1 atom stereocenters. The monoisotopic (exact) mass is 397 g/mol. The number of nitrogens with one attached hydrogen (secondary N) is 1. The number of amides is 1. The van der Waals surface area contributed by atoms with Crippen LogP contribution in [0, 0.1) is 0 Å². The van der Waals surface area contributed by atoms with Crippen LogP contribution >= 0.6 is 11.3 Å². The summed E-state index contributed by atoms with van der Waals surface area (Å²) in [6.07, 6.45) is 0.702. The van der Waals surface area contributed by atoms with E-state index in [9.17, 15) is 9.59 Å². The van der Waals surface area contributed by atoms with Gasteiger partial charge in [-0.25, -0.2) is 4.79 Å². The molecule has 0 unspecified atom stereocenters. The van der Waals surface area contributed by atoms with Crippen LogP contribution in [0.2, 0.25) is 0 Å². The molecule has 0 radical (unpaired) electrons. The van der Waals surface area contributed by atoms with Gasteiger partial charge < -0.3 is 14.8 Å². The number of anilines is 1. The predicted octanol–water partition coefficient (Wildman–Crippen LogP) is 5.22. The van der Waals surface area contributed by atoms with Crippen molar-refractivity contribution in [3.8, 4) is 5.75 Å². The SMILES string of the molecule is CCOc1c(C(=O)OC)sc2ccc(NC(=O)[C@H](CC)c3ccccc3)cc12. The van der Waals surface area contributed by atoms with Crippen LogP contribution in [0.15, 0.2) is 48.5 Å². The highest BCUT2D eigenvalue weighted by Crippen LogP contribution is 2.39. The van der Waals surface area contributed by atoms with Gasteiger partial charge in [-0.15, -0.1) is 11.3 Å². The number of ether oxygens (including phenoxy) is 2. The minimum atomic E-state index is -0.426. The van der Waals surface area contributed by atoms with Gasteiger partial charge in [-0.2, -0.15) is 0 Å². The molecular weight excluding hydrogens is 374 g/mol. The highest BCUT2D eigenvalue weighted by Gasteiger charge is 2.22. The molecule has 28 heavy (non-hydrogen) atoms. The highest BCUT2D eigenvalue weighted by molar-refractivity contribution is 7.21. The fourth-order valence-corrected chi connectivity index (χ4v) is 4.20. The standard InChI is InChI=1S/C22H23NO4S/c1-4-16(14-9-7-6-8-10-14)21(24)23-15-11-12-18-17(13-15)19(27-5-2)20(28-18)22(25)26-3/h6-13,16H,4-5H2,1-3H3,(H,23,24)/t16-/m1/s1. The summed E-state index contributed by atoms with van der Waals surface area (Å²) >= 11 is 1.32. The first-order chi connectivity index (χ1) is 13.6. The molecular formula is C22H23NO4S. The number of carbonyl (C=O) groups excluding carboxylic acids is 2. The molecule has 0 bridgehead atoms. The van der Waals surface area contributed by atoms with Crippen molar-refractivity contribution in [2.45, 2.75) is 26.2 Å². The Kier molecular flexibility index (Phi) is 6.31. The van der Waals surface area contributed by atoms with E-state index < -0.39 is 5.97 Å². The Morgan fingerprint density at radius 1 is 1.11 bits per heavy atom. The lowest BCUT2D eigenvalue weighted by Crippen LogP contribution is -2.20. The highest BCUT2D eigenvalue weighted by atomic mass is 32.1. The first-order valence-electron chi connectivity index (χ1n) is 9.22. The van der Waals surface area contributed by atoms with Gasteiger partial charge in [-0.3, -0.25) is 4.79 Å². The molecule has 6 heteroatoms. The average Bonchev–Trinajstić information content (AvgIpc) is 3.07. The Bertz CT molecular complexity index is 981. The van der Waals surface area contributed by atoms with E-state index in [1.54, 1.807) is 0 Å². The van der Waals surface area contributed by atoms with Crippen molar-refractivity contribution in [1.29, 1.82) is 0 Å². The van der Waals surface area contributed by atoms with E-state index in [1.165, 1.54) is 18.4 Å². The molecule has 5 nitrogen and oxygen atoms in total. The lowest BCUT2D eigenvalue weighted by Gasteiger charge is -2.15. The van der Waals surface area contributed by atoms with Crippen LogP contribution in [-0.2, 0) is 9.53 Å². The Labute approximate surface area is 168 Å². The summed E-state index contributed by atoms with van der Waals surface area (Å²) in [6.45, 7) is 4.29. The predicted molar refractivity (Wildman–Crippen MR) is 112 cm³/mol. The molecule has 3 aromatic rings. The molecule has 0 aliphatic carbocycles. The molecule has 0 spiro atoms. The molecule has 1 aromatic heterocycles. The van der Waals surface area contributed by atoms with Crippen LogP contribution in [0.1, 0.15) is 41.4 Å². The van der Waals surface area contributed by atoms with Crippen molar-refractivity contribution in [3.63, 3.8) is 0 Å². The molecule has 2 aromatic carbocycles. The summed E-state index contributed by atoms with van der Waals surface area (Å²) in [5.41, 5.74) is 1.66. The summed E-state index contributed by atoms with van der Waals surface area (Å²) in [7, 11) is 1.35. The Morgan fingerprint density at radius 3 is 2.50 bits per heavy atom. The zero-order valence-corrected chi connectivity index (χ0v) is 17.0. The van der Waals surface area contributed by atoms with Gasteiger partial charge >= 0.3 is 5.97 Å². The number of rotatable bonds is 7. The molecule has 1 heterocycles. The second kappa shape index (κ2) is 8.89. The van der Waals surface area contributed by atoms with Gasteiger partial charge in [0.15, 0.2) is 10.6 Å². The van der Waals surface area contributed by atoms with E-state index in [1.807, 2.05) is 62.4 Å². The van der Waals surface area contributed by atoms with Crippen LogP contribution in [0.5, 0.6) is 5.75 Å². The van der Waals surface area contributed by atoms with Crippen LogP contribution in [0.4, 0.5) is 5.69 Å². The number of hydrogen-bond acceptors (Lipinski definition) is 5. The fraction of sp³-hybridized carbons (Fsp3) is 0.273. The quantitative estimate of drug-likeness (QED) is 0.555. The molecule has 0 saturated heterocycles. The third-order valence-electron chi connectivity index (χ3n) is 4.50. The molecule has 146 valence electrons. The average molecular weight is 397 g/mol. The van der Waals surface area contributed by atoms with Crippen molar-refractivity contribution in [1.82, 2.24) is 0 Å². The third-order valence-corrected chi connectivity index (χ3v) is 5.63. The Balaban J connectivity index is 1.92. The van der Waals surface area contributed by atoms with Gasteiger partial charge in [0.25, 0.3) is 0 Å². The van der Waals surface area contributed by atoms with Gasteiger partial charge in [0.05, 0.1) is 19.6 Å². The van der Waals surface area contributed by atoms with Gasteiger partial charge in [-0.1, -0.05) is 37.3 Å². The van der Waals surface area contributed by atoms with E-state index in [4.69, 9.17) is 9.47 Å². The number of hydrogen-bond donors (Lipinski definition) is 1. The molecule has 1 N–H and O–H groups in total. The first-order valence-corrected chi connectivity index (χ1v) is 10.0. The van der Waals surface area contributed by atoms with E-state index in [-0.39, 0.29) is 11.8 Å². The van der Waals surface area contributed by atoms with Crippen molar-refractivity contribution in [2.24, 2.45) is 0 Å². The lowest BCUT2D eigenvalue weighted by atomic mass is 9.95.